The molecule has 0 aliphatic heterocycles. The van der Waals surface area contributed by atoms with E-state index in [2.05, 4.69) is 37.0 Å². The second kappa shape index (κ2) is 7.16. The van der Waals surface area contributed by atoms with Gasteiger partial charge in [0, 0.05) is 17.8 Å². The highest BCUT2D eigenvalue weighted by Crippen LogP contribution is 2.35. The highest BCUT2D eigenvalue weighted by molar-refractivity contribution is 7.22. The lowest BCUT2D eigenvalue weighted by Gasteiger charge is -2.27. The van der Waals surface area contributed by atoms with Crippen molar-refractivity contribution in [1.82, 2.24) is 9.97 Å². The summed E-state index contributed by atoms with van der Waals surface area (Å²) in [4.78, 5) is 24.0. The maximum Gasteiger partial charge on any atom is 0.234 e. The van der Waals surface area contributed by atoms with E-state index in [-0.39, 0.29) is 5.91 Å². The molecule has 0 aliphatic carbocycles. The third kappa shape index (κ3) is 3.78. The van der Waals surface area contributed by atoms with Gasteiger partial charge in [-0.3, -0.25) is 14.7 Å². The van der Waals surface area contributed by atoms with Crippen LogP contribution in [0.4, 0.5) is 5.13 Å². The molecule has 0 saturated heterocycles. The summed E-state index contributed by atoms with van der Waals surface area (Å²) >= 11 is 1.57. The van der Waals surface area contributed by atoms with Gasteiger partial charge in [-0.15, -0.1) is 0 Å². The molecule has 0 atom stereocenters. The van der Waals surface area contributed by atoms with Gasteiger partial charge >= 0.3 is 0 Å². The van der Waals surface area contributed by atoms with Crippen molar-refractivity contribution < 1.29 is 4.79 Å². The summed E-state index contributed by atoms with van der Waals surface area (Å²) in [6.07, 6.45) is 3.54. The Morgan fingerprint density at radius 3 is 2.58 bits per heavy atom. The van der Waals surface area contributed by atoms with Gasteiger partial charge in [0.15, 0.2) is 5.13 Å². The Balaban J connectivity index is 2.08. The van der Waals surface area contributed by atoms with Crippen molar-refractivity contribution in [2.45, 2.75) is 47.1 Å². The van der Waals surface area contributed by atoms with Crippen LogP contribution in [0.5, 0.6) is 0 Å². The van der Waals surface area contributed by atoms with E-state index in [0.29, 0.717) is 12.5 Å². The molecule has 0 unspecified atom stereocenters. The van der Waals surface area contributed by atoms with Gasteiger partial charge in [-0.1, -0.05) is 64.2 Å². The number of pyridine rings is 1. The molecule has 0 fully saturated rings. The van der Waals surface area contributed by atoms with E-state index in [1.807, 2.05) is 32.9 Å². The molecule has 1 aromatic carbocycles. The molecule has 2 heterocycles. The first-order valence-corrected chi connectivity index (χ1v) is 9.69. The molecule has 26 heavy (non-hydrogen) atoms. The highest BCUT2D eigenvalue weighted by Gasteiger charge is 2.30. The molecule has 2 aromatic heterocycles. The molecule has 0 N–H and O–H groups in total. The van der Waals surface area contributed by atoms with Gasteiger partial charge in [0.1, 0.15) is 0 Å². The number of thiazole rings is 1. The van der Waals surface area contributed by atoms with E-state index in [1.165, 1.54) is 5.56 Å². The van der Waals surface area contributed by atoms with Crippen LogP contribution in [-0.4, -0.2) is 15.9 Å². The summed E-state index contributed by atoms with van der Waals surface area (Å²) in [6.45, 7) is 10.6. The fourth-order valence-corrected chi connectivity index (χ4v) is 3.84. The van der Waals surface area contributed by atoms with Crippen molar-refractivity contribution in [2.24, 2.45) is 5.41 Å². The van der Waals surface area contributed by atoms with E-state index in [1.54, 1.807) is 28.6 Å². The Kier molecular flexibility index (Phi) is 5.10. The maximum atomic E-state index is 13.1. The number of nitrogens with zero attached hydrogens (tertiary/aromatic N) is 3. The fourth-order valence-electron chi connectivity index (χ4n) is 2.84. The number of para-hydroxylation sites is 1. The molecule has 0 aliphatic rings. The minimum atomic E-state index is -0.485. The van der Waals surface area contributed by atoms with Gasteiger partial charge in [0.25, 0.3) is 0 Å². The van der Waals surface area contributed by atoms with Crippen LogP contribution in [0, 0.1) is 5.41 Å². The summed E-state index contributed by atoms with van der Waals surface area (Å²) < 4.78 is 1.11. The van der Waals surface area contributed by atoms with Crippen molar-refractivity contribution in [2.75, 3.05) is 4.90 Å². The first-order valence-electron chi connectivity index (χ1n) is 8.87. The van der Waals surface area contributed by atoms with Gasteiger partial charge in [0.05, 0.1) is 16.8 Å². The largest absolute Gasteiger partial charge is 0.283 e. The van der Waals surface area contributed by atoms with E-state index < -0.39 is 5.41 Å². The van der Waals surface area contributed by atoms with Gasteiger partial charge in [0.2, 0.25) is 5.91 Å². The summed E-state index contributed by atoms with van der Waals surface area (Å²) in [5.74, 6) is 0.449. The molecular formula is C21H25N3OS. The minimum Gasteiger partial charge on any atom is -0.283 e. The Morgan fingerprint density at radius 2 is 1.96 bits per heavy atom. The average molecular weight is 368 g/mol. The quantitative estimate of drug-likeness (QED) is 0.621. The normalized spacial score (nSPS) is 11.9. The molecule has 0 radical (unpaired) electrons. The summed E-state index contributed by atoms with van der Waals surface area (Å²) in [6, 6.07) is 10.1. The lowest BCUT2D eigenvalue weighted by molar-refractivity contribution is -0.125. The molecular weight excluding hydrogens is 342 g/mol. The lowest BCUT2D eigenvalue weighted by atomic mass is 9.94. The zero-order chi connectivity index (χ0) is 18.9. The number of carbonyl (C=O) groups excluding carboxylic acids is 1. The van der Waals surface area contributed by atoms with Crippen LogP contribution in [-0.2, 0) is 11.3 Å². The zero-order valence-corrected chi connectivity index (χ0v) is 16.8. The number of anilines is 1. The van der Waals surface area contributed by atoms with E-state index in [9.17, 15) is 4.79 Å². The van der Waals surface area contributed by atoms with E-state index in [4.69, 9.17) is 4.98 Å². The molecule has 4 nitrogen and oxygen atoms in total. The summed E-state index contributed by atoms with van der Waals surface area (Å²) in [7, 11) is 0. The number of rotatable bonds is 4. The van der Waals surface area contributed by atoms with Gasteiger partial charge in [-0.2, -0.15) is 0 Å². The number of benzene rings is 1. The first-order chi connectivity index (χ1) is 12.3. The molecule has 1 amide bonds. The Hall–Kier alpha value is -2.27. The number of carbonyl (C=O) groups is 1. The third-order valence-corrected chi connectivity index (χ3v) is 5.29. The molecule has 136 valence electrons. The van der Waals surface area contributed by atoms with Crippen molar-refractivity contribution in [3.8, 4) is 0 Å². The van der Waals surface area contributed by atoms with Crippen molar-refractivity contribution in [1.29, 1.82) is 0 Å². The third-order valence-electron chi connectivity index (χ3n) is 4.24. The lowest BCUT2D eigenvalue weighted by Crippen LogP contribution is -2.39. The smallest absolute Gasteiger partial charge is 0.234 e. The van der Waals surface area contributed by atoms with E-state index >= 15 is 0 Å². The number of amides is 1. The highest BCUT2D eigenvalue weighted by atomic mass is 32.1. The minimum absolute atomic E-state index is 0.0616. The standard InChI is InChI=1S/C21H25N3OS/c1-14(2)16-9-6-10-17-18(16)23-20(26-17)24(19(25)21(3,4)5)13-15-8-7-11-22-12-15/h6-12,14H,13H2,1-5H3. The number of hydrogen-bond acceptors (Lipinski definition) is 4. The summed E-state index contributed by atoms with van der Waals surface area (Å²) in [5.41, 5.74) is 2.73. The van der Waals surface area contributed by atoms with Crippen LogP contribution in [0.25, 0.3) is 10.2 Å². The average Bonchev–Trinajstić information content (AvgIpc) is 3.02. The van der Waals surface area contributed by atoms with Crippen LogP contribution in [0.1, 0.15) is 51.7 Å². The Bertz CT molecular complexity index is 910. The second-order valence-corrected chi connectivity index (χ2v) is 8.86. The SMILES string of the molecule is CC(C)c1cccc2sc(N(Cc3cccnc3)C(=O)C(C)(C)C)nc12. The van der Waals surface area contributed by atoms with Crippen molar-refractivity contribution in [3.63, 3.8) is 0 Å². The molecule has 0 bridgehead atoms. The van der Waals surface area contributed by atoms with Crippen LogP contribution < -0.4 is 4.90 Å². The zero-order valence-electron chi connectivity index (χ0n) is 16.0. The van der Waals surface area contributed by atoms with Crippen LogP contribution in [0.2, 0.25) is 0 Å². The Morgan fingerprint density at radius 1 is 1.19 bits per heavy atom. The molecule has 3 aromatic rings. The predicted octanol–water partition coefficient (Wildman–Crippen LogP) is 5.39. The van der Waals surface area contributed by atoms with Crippen molar-refractivity contribution >= 4 is 32.6 Å². The van der Waals surface area contributed by atoms with Gasteiger partial charge < -0.3 is 0 Å². The second-order valence-electron chi connectivity index (χ2n) is 7.85. The topological polar surface area (TPSA) is 46.1 Å². The molecule has 0 saturated carbocycles. The van der Waals surface area contributed by atoms with Crippen LogP contribution in [0.15, 0.2) is 42.7 Å². The number of aromatic nitrogens is 2. The molecule has 5 heteroatoms. The number of fused-ring (bicyclic) bond motifs is 1. The maximum absolute atomic E-state index is 13.1. The van der Waals surface area contributed by atoms with Gasteiger partial charge in [-0.05, 0) is 29.2 Å². The van der Waals surface area contributed by atoms with Crippen LogP contribution >= 0.6 is 11.3 Å². The first kappa shape index (κ1) is 18.5. The van der Waals surface area contributed by atoms with Gasteiger partial charge in [-0.25, -0.2) is 4.98 Å². The summed E-state index contributed by atoms with van der Waals surface area (Å²) in [5, 5.41) is 0.747. The van der Waals surface area contributed by atoms with Crippen molar-refractivity contribution in [3.05, 3.63) is 53.9 Å². The monoisotopic (exact) mass is 367 g/mol. The fraction of sp³-hybridized carbons (Fsp3) is 0.381. The Labute approximate surface area is 158 Å². The van der Waals surface area contributed by atoms with E-state index in [0.717, 1.165) is 20.9 Å². The predicted molar refractivity (Wildman–Crippen MR) is 109 cm³/mol. The molecule has 3 rings (SSSR count). The van der Waals surface area contributed by atoms with Crippen LogP contribution in [0.3, 0.4) is 0 Å². The number of hydrogen-bond donors (Lipinski definition) is 0. The molecule has 0 spiro atoms.